The smallest absolute Gasteiger partial charge is 0.255 e. The molecule has 3 rings (SSSR count). The topological polar surface area (TPSA) is 108 Å². The van der Waals surface area contributed by atoms with E-state index in [-0.39, 0.29) is 5.91 Å². The summed E-state index contributed by atoms with van der Waals surface area (Å²) in [6.45, 7) is 0. The van der Waals surface area contributed by atoms with Gasteiger partial charge in [-0.05, 0) is 24.3 Å². The summed E-state index contributed by atoms with van der Waals surface area (Å²) in [7, 11) is 4.60. The molecule has 1 amide bonds. The first-order valence-electron chi connectivity index (χ1n) is 7.58. The molecule has 0 bridgehead atoms. The number of hydrogen-bond acceptors (Lipinski definition) is 8. The average molecular weight is 374 g/mol. The predicted octanol–water partition coefficient (Wildman–Crippen LogP) is 2.86. The number of carbonyl (C=O) groups is 1. The van der Waals surface area contributed by atoms with E-state index in [9.17, 15) is 4.79 Å². The van der Waals surface area contributed by atoms with E-state index >= 15 is 0 Å². The lowest BCUT2D eigenvalue weighted by Gasteiger charge is -2.11. The van der Waals surface area contributed by atoms with Crippen molar-refractivity contribution in [1.82, 2.24) is 4.98 Å². The molecule has 4 N–H and O–H groups in total. The van der Waals surface area contributed by atoms with E-state index in [0.29, 0.717) is 39.1 Å². The Morgan fingerprint density at radius 1 is 1.04 bits per heavy atom. The van der Waals surface area contributed by atoms with Crippen molar-refractivity contribution in [3.63, 3.8) is 0 Å². The summed E-state index contributed by atoms with van der Waals surface area (Å²) in [6, 6.07) is 8.48. The van der Waals surface area contributed by atoms with Crippen LogP contribution >= 0.6 is 11.3 Å². The van der Waals surface area contributed by atoms with Crippen LogP contribution in [0.2, 0.25) is 0 Å². The number of ether oxygens (including phenoxy) is 3. The minimum absolute atomic E-state index is 0.283. The summed E-state index contributed by atoms with van der Waals surface area (Å²) in [4.78, 5) is 16.9. The zero-order valence-corrected chi connectivity index (χ0v) is 15.3. The third-order valence-corrected chi connectivity index (χ3v) is 4.64. The number of thiazole rings is 1. The molecule has 0 aliphatic carbocycles. The van der Waals surface area contributed by atoms with Gasteiger partial charge in [-0.25, -0.2) is 10.8 Å². The van der Waals surface area contributed by atoms with Crippen molar-refractivity contribution in [1.29, 1.82) is 0 Å². The maximum atomic E-state index is 12.6. The highest BCUT2D eigenvalue weighted by Crippen LogP contribution is 2.35. The van der Waals surface area contributed by atoms with E-state index in [0.717, 1.165) is 4.70 Å². The number of benzene rings is 2. The molecule has 0 aliphatic heterocycles. The number of nitrogens with one attached hydrogen (secondary N) is 2. The molecule has 0 saturated heterocycles. The van der Waals surface area contributed by atoms with Crippen LogP contribution < -0.4 is 30.8 Å². The average Bonchev–Trinajstić information content (AvgIpc) is 3.09. The molecule has 0 unspecified atom stereocenters. The molecule has 1 heterocycles. The van der Waals surface area contributed by atoms with Gasteiger partial charge in [-0.1, -0.05) is 11.3 Å². The highest BCUT2D eigenvalue weighted by atomic mass is 32.1. The van der Waals surface area contributed by atoms with E-state index in [4.69, 9.17) is 20.1 Å². The Kier molecular flexibility index (Phi) is 5.10. The number of anilines is 2. The molecule has 1 aromatic heterocycles. The highest BCUT2D eigenvalue weighted by molar-refractivity contribution is 7.22. The van der Waals surface area contributed by atoms with Gasteiger partial charge < -0.3 is 19.5 Å². The number of rotatable bonds is 6. The van der Waals surface area contributed by atoms with Gasteiger partial charge >= 0.3 is 0 Å². The largest absolute Gasteiger partial charge is 0.494 e. The molecule has 0 saturated carbocycles. The summed E-state index contributed by atoms with van der Waals surface area (Å²) >= 11 is 1.36. The quantitative estimate of drug-likeness (QED) is 0.450. The van der Waals surface area contributed by atoms with Gasteiger partial charge in [-0.2, -0.15) is 0 Å². The van der Waals surface area contributed by atoms with Crippen molar-refractivity contribution in [3.8, 4) is 17.2 Å². The van der Waals surface area contributed by atoms with Gasteiger partial charge in [0.25, 0.3) is 5.91 Å². The Bertz CT molecular complexity index is 957. The molecular formula is C17H18N4O4S. The first kappa shape index (κ1) is 17.8. The van der Waals surface area contributed by atoms with Gasteiger partial charge in [0, 0.05) is 17.3 Å². The second-order valence-corrected chi connectivity index (χ2v) is 6.24. The minimum atomic E-state index is -0.283. The van der Waals surface area contributed by atoms with E-state index in [1.807, 2.05) is 6.07 Å². The number of hydrazine groups is 1. The van der Waals surface area contributed by atoms with Gasteiger partial charge in [-0.3, -0.25) is 10.2 Å². The number of hydrogen-bond donors (Lipinski definition) is 3. The van der Waals surface area contributed by atoms with Crippen LogP contribution in [0.1, 0.15) is 10.4 Å². The van der Waals surface area contributed by atoms with E-state index < -0.39 is 0 Å². The summed E-state index contributed by atoms with van der Waals surface area (Å²) in [5.41, 5.74) is 4.22. The first-order chi connectivity index (χ1) is 12.6. The molecule has 0 spiro atoms. The normalized spacial score (nSPS) is 10.5. The van der Waals surface area contributed by atoms with Gasteiger partial charge in [-0.15, -0.1) is 0 Å². The molecular weight excluding hydrogens is 356 g/mol. The van der Waals surface area contributed by atoms with Crippen LogP contribution in [-0.2, 0) is 0 Å². The first-order valence-corrected chi connectivity index (χ1v) is 8.39. The molecule has 3 aromatic rings. The number of carbonyl (C=O) groups excluding carboxylic acids is 1. The molecule has 26 heavy (non-hydrogen) atoms. The van der Waals surface area contributed by atoms with E-state index in [1.165, 1.54) is 18.4 Å². The van der Waals surface area contributed by atoms with Crippen molar-refractivity contribution < 1.29 is 19.0 Å². The number of nitrogens with zero attached hydrogens (tertiary/aromatic N) is 1. The molecule has 136 valence electrons. The monoisotopic (exact) mass is 374 g/mol. The Balaban J connectivity index is 1.91. The Morgan fingerprint density at radius 2 is 1.77 bits per heavy atom. The van der Waals surface area contributed by atoms with Crippen molar-refractivity contribution in [2.75, 3.05) is 32.1 Å². The number of nitrogen functional groups attached to an aromatic ring is 1. The fourth-order valence-electron chi connectivity index (χ4n) is 2.47. The molecule has 0 fully saturated rings. The van der Waals surface area contributed by atoms with Crippen molar-refractivity contribution in [2.45, 2.75) is 0 Å². The minimum Gasteiger partial charge on any atom is -0.494 e. The SMILES string of the molecule is COc1ccc(C(=O)Nc2cc(OC)c3nc(NN)sc3c2)cc1OC. The lowest BCUT2D eigenvalue weighted by molar-refractivity contribution is 0.102. The predicted molar refractivity (Wildman–Crippen MR) is 101 cm³/mol. The fourth-order valence-corrected chi connectivity index (χ4v) is 3.30. The third kappa shape index (κ3) is 3.35. The third-order valence-electron chi connectivity index (χ3n) is 3.71. The lowest BCUT2D eigenvalue weighted by atomic mass is 10.1. The zero-order chi connectivity index (χ0) is 18.7. The second-order valence-electron chi connectivity index (χ2n) is 5.21. The van der Waals surface area contributed by atoms with Crippen molar-refractivity contribution in [2.24, 2.45) is 5.84 Å². The summed E-state index contributed by atoms with van der Waals surface area (Å²) in [6.07, 6.45) is 0. The van der Waals surface area contributed by atoms with Crippen molar-refractivity contribution >= 4 is 38.3 Å². The number of methoxy groups -OCH3 is 3. The second kappa shape index (κ2) is 7.46. The Morgan fingerprint density at radius 3 is 2.42 bits per heavy atom. The van der Waals surface area contributed by atoms with Crippen LogP contribution in [0.3, 0.4) is 0 Å². The van der Waals surface area contributed by atoms with Crippen molar-refractivity contribution in [3.05, 3.63) is 35.9 Å². The summed E-state index contributed by atoms with van der Waals surface area (Å²) in [5, 5.41) is 3.41. The van der Waals surface area contributed by atoms with Crippen LogP contribution in [-0.4, -0.2) is 32.2 Å². The van der Waals surface area contributed by atoms with Gasteiger partial charge in [0.1, 0.15) is 11.3 Å². The van der Waals surface area contributed by atoms with Crippen LogP contribution in [0, 0.1) is 0 Å². The van der Waals surface area contributed by atoms with Gasteiger partial charge in [0.05, 0.1) is 26.0 Å². The molecule has 0 atom stereocenters. The van der Waals surface area contributed by atoms with E-state index in [2.05, 4.69) is 15.7 Å². The van der Waals surface area contributed by atoms with Gasteiger partial charge in [0.2, 0.25) is 0 Å². The number of fused-ring (bicyclic) bond motifs is 1. The highest BCUT2D eigenvalue weighted by Gasteiger charge is 2.14. The number of nitrogens with two attached hydrogens (primary N) is 1. The maximum absolute atomic E-state index is 12.6. The fraction of sp³-hybridized carbons (Fsp3) is 0.176. The number of amides is 1. The molecule has 0 radical (unpaired) electrons. The van der Waals surface area contributed by atoms with Gasteiger partial charge in [0.15, 0.2) is 16.6 Å². The molecule has 0 aliphatic rings. The molecule has 2 aromatic carbocycles. The lowest BCUT2D eigenvalue weighted by Crippen LogP contribution is -2.12. The molecule has 9 heteroatoms. The summed E-state index contributed by atoms with van der Waals surface area (Å²) < 4.78 is 16.6. The summed E-state index contributed by atoms with van der Waals surface area (Å²) in [5.74, 6) is 6.71. The Labute approximate surface area is 153 Å². The van der Waals surface area contributed by atoms with Crippen LogP contribution in [0.4, 0.5) is 10.8 Å². The zero-order valence-electron chi connectivity index (χ0n) is 14.5. The van der Waals surface area contributed by atoms with Crippen LogP contribution in [0.5, 0.6) is 17.2 Å². The molecule has 8 nitrogen and oxygen atoms in total. The standard InChI is InChI=1S/C17H18N4O4S/c1-23-11-5-4-9(6-12(11)24-2)16(22)19-10-7-13(25-3)15-14(8-10)26-17(20-15)21-18/h4-8H,18H2,1-3H3,(H,19,22)(H,20,21). The van der Waals surface area contributed by atoms with Crippen LogP contribution in [0.25, 0.3) is 10.2 Å². The maximum Gasteiger partial charge on any atom is 0.255 e. The van der Waals surface area contributed by atoms with Crippen LogP contribution in [0.15, 0.2) is 30.3 Å². The Hall–Kier alpha value is -3.04. The van der Waals surface area contributed by atoms with E-state index in [1.54, 1.807) is 38.5 Å². The number of aromatic nitrogens is 1.